The van der Waals surface area contributed by atoms with Crippen molar-refractivity contribution < 1.29 is 13.0 Å². The summed E-state index contributed by atoms with van der Waals surface area (Å²) in [5, 5.41) is 0. The fraction of sp³-hybridized carbons (Fsp3) is 0.600. The molecular formula is C15H22O3S. The van der Waals surface area contributed by atoms with E-state index in [1.54, 1.807) is 12.1 Å². The Labute approximate surface area is 115 Å². The molecule has 0 aromatic heterocycles. The van der Waals surface area contributed by atoms with Gasteiger partial charge in [-0.05, 0) is 36.5 Å². The summed E-state index contributed by atoms with van der Waals surface area (Å²) < 4.78 is 30.8. The Morgan fingerprint density at radius 2 is 1.58 bits per heavy atom. The Bertz CT molecular complexity index is 483. The Kier molecular flexibility index (Phi) is 4.99. The lowest BCUT2D eigenvalue weighted by Gasteiger charge is -2.13. The molecule has 2 rings (SSSR count). The standard InChI is InChI=1S/C15H22O3S/c16-19(17,18)15-11-9-14(10-12-15)8-7-13-5-3-1-2-4-6-13/h9-13H,1-8H2,(H,16,17,18). The average Bonchev–Trinajstić information content (AvgIpc) is 2.64. The second-order valence-corrected chi connectivity index (χ2v) is 6.94. The topological polar surface area (TPSA) is 54.4 Å². The van der Waals surface area contributed by atoms with E-state index in [2.05, 4.69) is 0 Å². The normalized spacial score (nSPS) is 18.2. The predicted molar refractivity (Wildman–Crippen MR) is 75.8 cm³/mol. The number of hydrogen-bond donors (Lipinski definition) is 1. The first-order valence-corrected chi connectivity index (χ1v) is 8.56. The molecule has 19 heavy (non-hydrogen) atoms. The van der Waals surface area contributed by atoms with Crippen molar-refractivity contribution in [1.29, 1.82) is 0 Å². The maximum absolute atomic E-state index is 10.9. The summed E-state index contributed by atoms with van der Waals surface area (Å²) in [6, 6.07) is 6.58. The van der Waals surface area contributed by atoms with Crippen LogP contribution in [-0.2, 0) is 16.5 Å². The first-order valence-electron chi connectivity index (χ1n) is 7.12. The van der Waals surface area contributed by atoms with Crippen LogP contribution in [0.2, 0.25) is 0 Å². The Morgan fingerprint density at radius 3 is 2.11 bits per heavy atom. The molecule has 0 spiro atoms. The molecule has 0 saturated heterocycles. The van der Waals surface area contributed by atoms with Gasteiger partial charge in [0.05, 0.1) is 4.90 Å². The molecule has 1 fully saturated rings. The zero-order valence-electron chi connectivity index (χ0n) is 11.2. The molecule has 1 aliphatic rings. The largest absolute Gasteiger partial charge is 0.294 e. The summed E-state index contributed by atoms with van der Waals surface area (Å²) in [6.45, 7) is 0. The van der Waals surface area contributed by atoms with Crippen molar-refractivity contribution in [1.82, 2.24) is 0 Å². The molecule has 0 radical (unpaired) electrons. The van der Waals surface area contributed by atoms with Crippen LogP contribution in [-0.4, -0.2) is 13.0 Å². The molecule has 106 valence electrons. The smallest absolute Gasteiger partial charge is 0.282 e. The first-order chi connectivity index (χ1) is 9.05. The SMILES string of the molecule is O=S(=O)(O)c1ccc(CCC2CCCCCC2)cc1. The minimum atomic E-state index is -4.06. The van der Waals surface area contributed by atoms with Gasteiger partial charge in [-0.2, -0.15) is 8.42 Å². The van der Waals surface area contributed by atoms with Gasteiger partial charge in [-0.3, -0.25) is 4.55 Å². The molecule has 0 amide bonds. The second-order valence-electron chi connectivity index (χ2n) is 5.52. The van der Waals surface area contributed by atoms with Crippen molar-refractivity contribution in [3.05, 3.63) is 29.8 Å². The third-order valence-corrected chi connectivity index (χ3v) is 4.91. The second kappa shape index (κ2) is 6.53. The predicted octanol–water partition coefficient (Wildman–Crippen LogP) is 3.84. The van der Waals surface area contributed by atoms with E-state index in [0.29, 0.717) is 0 Å². The Morgan fingerprint density at radius 1 is 1.00 bits per heavy atom. The van der Waals surface area contributed by atoms with Crippen molar-refractivity contribution in [2.24, 2.45) is 5.92 Å². The van der Waals surface area contributed by atoms with E-state index >= 15 is 0 Å². The maximum atomic E-state index is 10.9. The van der Waals surface area contributed by atoms with E-state index < -0.39 is 10.1 Å². The van der Waals surface area contributed by atoms with Gasteiger partial charge in [0.2, 0.25) is 0 Å². The lowest BCUT2D eigenvalue weighted by Crippen LogP contribution is -2.02. The average molecular weight is 282 g/mol. The summed E-state index contributed by atoms with van der Waals surface area (Å²) in [7, 11) is -4.06. The van der Waals surface area contributed by atoms with Crippen LogP contribution in [0.4, 0.5) is 0 Å². The molecule has 4 heteroatoms. The number of hydrogen-bond acceptors (Lipinski definition) is 2. The molecule has 1 aromatic carbocycles. The van der Waals surface area contributed by atoms with Gasteiger partial charge in [-0.25, -0.2) is 0 Å². The van der Waals surface area contributed by atoms with Crippen LogP contribution >= 0.6 is 0 Å². The third-order valence-electron chi connectivity index (χ3n) is 4.04. The molecule has 0 heterocycles. The number of rotatable bonds is 4. The molecule has 1 saturated carbocycles. The fourth-order valence-corrected chi connectivity index (χ4v) is 3.33. The summed E-state index contributed by atoms with van der Waals surface area (Å²) in [5.74, 6) is 0.823. The van der Waals surface area contributed by atoms with Gasteiger partial charge in [-0.1, -0.05) is 50.7 Å². The summed E-state index contributed by atoms with van der Waals surface area (Å²) in [6.07, 6.45) is 10.3. The van der Waals surface area contributed by atoms with Crippen LogP contribution in [0.25, 0.3) is 0 Å². The van der Waals surface area contributed by atoms with Crippen molar-refractivity contribution in [3.63, 3.8) is 0 Å². The van der Waals surface area contributed by atoms with Crippen LogP contribution < -0.4 is 0 Å². The van der Waals surface area contributed by atoms with Crippen LogP contribution in [0.15, 0.2) is 29.2 Å². The van der Waals surface area contributed by atoms with Crippen molar-refractivity contribution in [2.75, 3.05) is 0 Å². The molecule has 1 aliphatic carbocycles. The van der Waals surface area contributed by atoms with E-state index in [9.17, 15) is 8.42 Å². The molecule has 1 N–H and O–H groups in total. The van der Waals surface area contributed by atoms with Gasteiger partial charge in [-0.15, -0.1) is 0 Å². The molecule has 0 aliphatic heterocycles. The lowest BCUT2D eigenvalue weighted by molar-refractivity contribution is 0.428. The molecule has 3 nitrogen and oxygen atoms in total. The van der Waals surface area contributed by atoms with E-state index in [4.69, 9.17) is 4.55 Å². The first kappa shape index (κ1) is 14.5. The van der Waals surface area contributed by atoms with Crippen molar-refractivity contribution in [2.45, 2.75) is 56.3 Å². The van der Waals surface area contributed by atoms with Crippen LogP contribution in [0.1, 0.15) is 50.5 Å². The van der Waals surface area contributed by atoms with Crippen molar-refractivity contribution >= 4 is 10.1 Å². The third kappa shape index (κ3) is 4.62. The summed E-state index contributed by atoms with van der Waals surface area (Å²) in [5.41, 5.74) is 1.15. The minimum Gasteiger partial charge on any atom is -0.282 e. The van der Waals surface area contributed by atoms with Gasteiger partial charge in [0.1, 0.15) is 0 Å². The highest BCUT2D eigenvalue weighted by atomic mass is 32.2. The van der Waals surface area contributed by atoms with E-state index in [-0.39, 0.29) is 4.90 Å². The van der Waals surface area contributed by atoms with E-state index in [0.717, 1.165) is 17.9 Å². The van der Waals surface area contributed by atoms with Crippen LogP contribution in [0, 0.1) is 5.92 Å². The van der Waals surface area contributed by atoms with Crippen LogP contribution in [0.5, 0.6) is 0 Å². The fourth-order valence-electron chi connectivity index (χ4n) is 2.85. The Balaban J connectivity index is 1.89. The van der Waals surface area contributed by atoms with Gasteiger partial charge in [0.15, 0.2) is 0 Å². The Hall–Kier alpha value is -0.870. The zero-order valence-corrected chi connectivity index (χ0v) is 12.0. The zero-order chi connectivity index (χ0) is 13.7. The molecular weight excluding hydrogens is 260 g/mol. The monoisotopic (exact) mass is 282 g/mol. The van der Waals surface area contributed by atoms with E-state index in [1.165, 1.54) is 57.1 Å². The summed E-state index contributed by atoms with van der Waals surface area (Å²) in [4.78, 5) is -0.0225. The van der Waals surface area contributed by atoms with E-state index in [1.807, 2.05) is 0 Å². The quantitative estimate of drug-likeness (QED) is 0.674. The maximum Gasteiger partial charge on any atom is 0.294 e. The van der Waals surface area contributed by atoms with Crippen LogP contribution in [0.3, 0.4) is 0 Å². The van der Waals surface area contributed by atoms with Gasteiger partial charge >= 0.3 is 0 Å². The highest BCUT2D eigenvalue weighted by Crippen LogP contribution is 2.26. The molecule has 0 atom stereocenters. The van der Waals surface area contributed by atoms with Crippen molar-refractivity contribution in [3.8, 4) is 0 Å². The number of benzene rings is 1. The molecule has 0 unspecified atom stereocenters. The lowest BCUT2D eigenvalue weighted by atomic mass is 9.93. The van der Waals surface area contributed by atoms with Gasteiger partial charge in [0.25, 0.3) is 10.1 Å². The summed E-state index contributed by atoms with van der Waals surface area (Å²) >= 11 is 0. The molecule has 0 bridgehead atoms. The highest BCUT2D eigenvalue weighted by Gasteiger charge is 2.13. The minimum absolute atomic E-state index is 0.0225. The molecule has 1 aromatic rings. The number of aryl methyl sites for hydroxylation is 1. The highest BCUT2D eigenvalue weighted by molar-refractivity contribution is 7.85. The van der Waals surface area contributed by atoms with Gasteiger partial charge in [0, 0.05) is 0 Å². The van der Waals surface area contributed by atoms with Gasteiger partial charge < -0.3 is 0 Å².